The molecule has 1 saturated carbocycles. The maximum absolute atomic E-state index is 13.0. The van der Waals surface area contributed by atoms with E-state index in [-0.39, 0.29) is 29.0 Å². The highest BCUT2D eigenvalue weighted by atomic mass is 32.2. The number of anilines is 2. The molecule has 2 aliphatic carbocycles. The summed E-state index contributed by atoms with van der Waals surface area (Å²) in [6, 6.07) is 7.55. The van der Waals surface area contributed by atoms with Gasteiger partial charge in [-0.05, 0) is 69.2 Å². The molecule has 2 aromatic rings. The van der Waals surface area contributed by atoms with Gasteiger partial charge in [0.25, 0.3) is 0 Å². The number of thiophene rings is 1. The number of esters is 1. The number of hydrogen-bond acceptors (Lipinski definition) is 6. The van der Waals surface area contributed by atoms with Crippen LogP contribution in [0.4, 0.5) is 10.7 Å². The molecule has 0 radical (unpaired) electrons. The Morgan fingerprint density at radius 3 is 2.66 bits per heavy atom. The summed E-state index contributed by atoms with van der Waals surface area (Å²) >= 11 is 2.92. The van der Waals surface area contributed by atoms with Crippen molar-refractivity contribution in [3.05, 3.63) is 40.3 Å². The normalized spacial score (nSPS) is 16.4. The van der Waals surface area contributed by atoms with E-state index in [0.717, 1.165) is 61.1 Å². The molecular weight excluding hydrogens is 444 g/mol. The first-order chi connectivity index (χ1) is 15.5. The lowest BCUT2D eigenvalue weighted by Crippen LogP contribution is -2.23. The summed E-state index contributed by atoms with van der Waals surface area (Å²) in [4.78, 5) is 39.6. The Labute approximate surface area is 196 Å². The zero-order valence-corrected chi connectivity index (χ0v) is 20.0. The second kappa shape index (κ2) is 10.1. The number of nitrogens with one attached hydrogen (secondary N) is 2. The van der Waals surface area contributed by atoms with Crippen molar-refractivity contribution in [2.45, 2.75) is 62.0 Å². The maximum atomic E-state index is 13.0. The van der Waals surface area contributed by atoms with Gasteiger partial charge >= 0.3 is 5.97 Å². The number of rotatable bonds is 7. The van der Waals surface area contributed by atoms with E-state index in [1.165, 1.54) is 35.1 Å². The number of methoxy groups -OCH3 is 1. The van der Waals surface area contributed by atoms with Crippen molar-refractivity contribution in [1.82, 2.24) is 0 Å². The predicted molar refractivity (Wildman–Crippen MR) is 129 cm³/mol. The van der Waals surface area contributed by atoms with E-state index in [2.05, 4.69) is 10.6 Å². The highest BCUT2D eigenvalue weighted by Crippen LogP contribution is 2.38. The molecule has 8 heteroatoms. The first-order valence-corrected chi connectivity index (χ1v) is 12.8. The molecule has 6 nitrogen and oxygen atoms in total. The standard InChI is InChI=1S/C24H28N2O4S2/c1-14(31-17-8-6-7-16(13-17)25-22(28)15-11-12-15)21(27)26-23-20(24(29)30-2)18-9-4-3-5-10-19(18)32-23/h6-8,13-15H,3-5,9-12H2,1-2H3,(H,25,28)(H,26,27). The summed E-state index contributed by atoms with van der Waals surface area (Å²) in [6.45, 7) is 1.84. The summed E-state index contributed by atoms with van der Waals surface area (Å²) in [5, 5.41) is 6.14. The van der Waals surface area contributed by atoms with E-state index < -0.39 is 0 Å². The Balaban J connectivity index is 1.45. The Bertz CT molecular complexity index is 1030. The summed E-state index contributed by atoms with van der Waals surface area (Å²) in [7, 11) is 1.38. The highest BCUT2D eigenvalue weighted by molar-refractivity contribution is 8.00. The first-order valence-electron chi connectivity index (χ1n) is 11.1. The van der Waals surface area contributed by atoms with Crippen LogP contribution in [0.5, 0.6) is 0 Å². The van der Waals surface area contributed by atoms with E-state index in [1.807, 2.05) is 31.2 Å². The minimum Gasteiger partial charge on any atom is -0.465 e. The van der Waals surface area contributed by atoms with Crippen molar-refractivity contribution in [1.29, 1.82) is 0 Å². The fourth-order valence-corrected chi connectivity index (χ4v) is 6.06. The maximum Gasteiger partial charge on any atom is 0.341 e. The minimum atomic E-state index is -0.390. The van der Waals surface area contributed by atoms with Gasteiger partial charge in [0.2, 0.25) is 11.8 Å². The Morgan fingerprint density at radius 1 is 1.12 bits per heavy atom. The third-order valence-electron chi connectivity index (χ3n) is 5.78. The molecule has 1 fully saturated rings. The molecule has 1 unspecified atom stereocenters. The van der Waals surface area contributed by atoms with Crippen LogP contribution in [0.2, 0.25) is 0 Å². The van der Waals surface area contributed by atoms with E-state index in [9.17, 15) is 14.4 Å². The molecule has 1 aromatic carbocycles. The molecule has 1 aromatic heterocycles. The van der Waals surface area contributed by atoms with Gasteiger partial charge in [-0.1, -0.05) is 12.5 Å². The van der Waals surface area contributed by atoms with Crippen molar-refractivity contribution >= 4 is 51.6 Å². The molecule has 2 aliphatic rings. The summed E-state index contributed by atoms with van der Waals surface area (Å²) < 4.78 is 5.02. The molecule has 170 valence electrons. The number of benzene rings is 1. The molecule has 0 aliphatic heterocycles. The van der Waals surface area contributed by atoms with Crippen LogP contribution in [-0.4, -0.2) is 30.1 Å². The Kier molecular flexibility index (Phi) is 7.20. The number of carbonyl (C=O) groups is 3. The lowest BCUT2D eigenvalue weighted by molar-refractivity contribution is -0.117. The van der Waals surface area contributed by atoms with Gasteiger partial charge in [-0.25, -0.2) is 4.79 Å². The van der Waals surface area contributed by atoms with Crippen molar-refractivity contribution in [3.63, 3.8) is 0 Å². The van der Waals surface area contributed by atoms with Gasteiger partial charge in [0.15, 0.2) is 0 Å². The molecule has 4 rings (SSSR count). The quantitative estimate of drug-likeness (QED) is 0.326. The van der Waals surface area contributed by atoms with Gasteiger partial charge in [-0.15, -0.1) is 23.1 Å². The molecule has 32 heavy (non-hydrogen) atoms. The molecule has 0 bridgehead atoms. The van der Waals surface area contributed by atoms with Crippen LogP contribution >= 0.6 is 23.1 Å². The fourth-order valence-electron chi connectivity index (χ4n) is 3.86. The predicted octanol–water partition coefficient (Wildman–Crippen LogP) is 5.27. The van der Waals surface area contributed by atoms with Gasteiger partial charge in [0.1, 0.15) is 5.00 Å². The molecule has 1 heterocycles. The monoisotopic (exact) mass is 472 g/mol. The van der Waals surface area contributed by atoms with E-state index in [4.69, 9.17) is 4.74 Å². The zero-order valence-electron chi connectivity index (χ0n) is 18.4. The number of fused-ring (bicyclic) bond motifs is 1. The smallest absolute Gasteiger partial charge is 0.341 e. The third kappa shape index (κ3) is 5.35. The summed E-state index contributed by atoms with van der Waals surface area (Å²) in [6.07, 6.45) is 6.98. The molecular formula is C24H28N2O4S2. The molecule has 2 N–H and O–H groups in total. The van der Waals surface area contributed by atoms with Crippen molar-refractivity contribution in [2.24, 2.45) is 5.92 Å². The largest absolute Gasteiger partial charge is 0.465 e. The third-order valence-corrected chi connectivity index (χ3v) is 8.08. The van der Waals surface area contributed by atoms with Crippen LogP contribution < -0.4 is 10.6 Å². The number of carbonyl (C=O) groups excluding carboxylic acids is 3. The van der Waals surface area contributed by atoms with Crippen molar-refractivity contribution in [2.75, 3.05) is 17.7 Å². The van der Waals surface area contributed by atoms with Crippen LogP contribution in [-0.2, 0) is 27.2 Å². The van der Waals surface area contributed by atoms with Crippen LogP contribution in [0.15, 0.2) is 29.2 Å². The first kappa shape index (κ1) is 22.9. The number of hydrogen-bond donors (Lipinski definition) is 2. The second-order valence-corrected chi connectivity index (χ2v) is 10.8. The van der Waals surface area contributed by atoms with Crippen LogP contribution in [0.1, 0.15) is 59.8 Å². The molecule has 0 saturated heterocycles. The fraction of sp³-hybridized carbons (Fsp3) is 0.458. The Hall–Kier alpha value is -2.32. The van der Waals surface area contributed by atoms with Crippen LogP contribution in [0.25, 0.3) is 0 Å². The lowest BCUT2D eigenvalue weighted by atomic mass is 10.1. The molecule has 2 amide bonds. The van der Waals surface area contributed by atoms with E-state index >= 15 is 0 Å². The average Bonchev–Trinajstić information content (AvgIpc) is 3.60. The second-order valence-electron chi connectivity index (χ2n) is 8.30. The topological polar surface area (TPSA) is 84.5 Å². The van der Waals surface area contributed by atoms with Crippen LogP contribution in [0.3, 0.4) is 0 Å². The number of ether oxygens (including phenoxy) is 1. The number of aryl methyl sites for hydroxylation is 1. The van der Waals surface area contributed by atoms with Gasteiger partial charge in [-0.3, -0.25) is 9.59 Å². The van der Waals surface area contributed by atoms with Gasteiger partial charge in [0.05, 0.1) is 17.9 Å². The van der Waals surface area contributed by atoms with E-state index in [0.29, 0.717) is 10.6 Å². The van der Waals surface area contributed by atoms with Gasteiger partial charge < -0.3 is 15.4 Å². The van der Waals surface area contributed by atoms with Crippen LogP contribution in [0, 0.1) is 5.92 Å². The zero-order chi connectivity index (χ0) is 22.7. The van der Waals surface area contributed by atoms with Gasteiger partial charge in [-0.2, -0.15) is 0 Å². The van der Waals surface area contributed by atoms with Gasteiger partial charge in [0, 0.05) is 21.4 Å². The SMILES string of the molecule is COC(=O)c1c(NC(=O)C(C)Sc2cccc(NC(=O)C3CC3)c2)sc2c1CCCCC2. The average molecular weight is 473 g/mol. The minimum absolute atomic E-state index is 0.0609. The van der Waals surface area contributed by atoms with Crippen molar-refractivity contribution < 1.29 is 19.1 Å². The molecule has 1 atom stereocenters. The summed E-state index contributed by atoms with van der Waals surface area (Å²) in [5.74, 6) is -0.352. The highest BCUT2D eigenvalue weighted by Gasteiger charge is 2.30. The van der Waals surface area contributed by atoms with E-state index in [1.54, 1.807) is 0 Å². The Morgan fingerprint density at radius 2 is 1.91 bits per heavy atom. The number of thioether (sulfide) groups is 1. The lowest BCUT2D eigenvalue weighted by Gasteiger charge is -2.13. The number of amides is 2. The summed E-state index contributed by atoms with van der Waals surface area (Å²) in [5.41, 5.74) is 2.30. The molecule has 0 spiro atoms. The van der Waals surface area contributed by atoms with Crippen molar-refractivity contribution in [3.8, 4) is 0 Å².